The number of furan rings is 1. The number of anilines is 1. The third kappa shape index (κ3) is 4.25. The summed E-state index contributed by atoms with van der Waals surface area (Å²) < 4.78 is 16.7. The summed E-state index contributed by atoms with van der Waals surface area (Å²) in [5.41, 5.74) is 0.859. The van der Waals surface area contributed by atoms with Crippen LogP contribution in [0.2, 0.25) is 0 Å². The number of aromatic nitrogens is 3. The maximum absolute atomic E-state index is 5.74. The molecule has 0 bridgehead atoms. The van der Waals surface area contributed by atoms with Crippen LogP contribution in [0.3, 0.4) is 0 Å². The maximum Gasteiger partial charge on any atom is 0.216 e. The molecule has 0 spiro atoms. The molecule has 1 aromatic carbocycles. The van der Waals surface area contributed by atoms with Crippen LogP contribution in [0.4, 0.5) is 5.69 Å². The van der Waals surface area contributed by atoms with Crippen LogP contribution in [0.25, 0.3) is 11.6 Å². The Morgan fingerprint density at radius 1 is 1.21 bits per heavy atom. The van der Waals surface area contributed by atoms with E-state index in [0.717, 1.165) is 30.2 Å². The van der Waals surface area contributed by atoms with Crippen LogP contribution >= 0.6 is 0 Å². The molecule has 4 rings (SSSR count). The van der Waals surface area contributed by atoms with Crippen molar-refractivity contribution >= 4 is 11.6 Å². The van der Waals surface area contributed by atoms with Crippen LogP contribution in [0.15, 0.2) is 46.0 Å². The lowest BCUT2D eigenvalue weighted by molar-refractivity contribution is 0.297. The molecular weight excluding hydrogens is 360 g/mol. The van der Waals surface area contributed by atoms with Crippen LogP contribution in [0.5, 0.6) is 11.5 Å². The second kappa shape index (κ2) is 8.47. The van der Waals surface area contributed by atoms with Gasteiger partial charge in [-0.25, -0.2) is 9.98 Å². The van der Waals surface area contributed by atoms with Crippen LogP contribution in [0.1, 0.15) is 19.2 Å². The minimum atomic E-state index is 0.341. The summed E-state index contributed by atoms with van der Waals surface area (Å²) in [7, 11) is 0. The normalized spacial score (nSPS) is 13.8. The Labute approximate surface area is 162 Å². The number of benzene rings is 1. The molecule has 3 N–H and O–H groups in total. The maximum atomic E-state index is 5.74. The Morgan fingerprint density at radius 3 is 2.93 bits per heavy atom. The summed E-state index contributed by atoms with van der Waals surface area (Å²) >= 11 is 0. The highest BCUT2D eigenvalue weighted by Gasteiger charge is 2.12. The van der Waals surface area contributed by atoms with Crippen molar-refractivity contribution in [3.8, 4) is 23.1 Å². The van der Waals surface area contributed by atoms with Gasteiger partial charge in [0.25, 0.3) is 0 Å². The quantitative estimate of drug-likeness (QED) is 0.460. The summed E-state index contributed by atoms with van der Waals surface area (Å²) in [6.07, 6.45) is 2.46. The molecule has 0 atom stereocenters. The van der Waals surface area contributed by atoms with Crippen LogP contribution in [0, 0.1) is 0 Å². The van der Waals surface area contributed by atoms with Gasteiger partial charge < -0.3 is 24.5 Å². The van der Waals surface area contributed by atoms with Crippen LogP contribution in [-0.4, -0.2) is 40.9 Å². The highest BCUT2D eigenvalue weighted by Crippen LogP contribution is 2.32. The van der Waals surface area contributed by atoms with Gasteiger partial charge >= 0.3 is 0 Å². The van der Waals surface area contributed by atoms with Crippen molar-refractivity contribution in [1.82, 2.24) is 20.5 Å². The number of H-pyrrole nitrogens is 1. The summed E-state index contributed by atoms with van der Waals surface area (Å²) in [5, 5.41) is 13.5. The van der Waals surface area contributed by atoms with E-state index in [1.165, 1.54) is 0 Å². The molecule has 146 valence electrons. The molecule has 3 aromatic rings. The summed E-state index contributed by atoms with van der Waals surface area (Å²) in [4.78, 5) is 8.96. The third-order valence-corrected chi connectivity index (χ3v) is 4.01. The van der Waals surface area contributed by atoms with Crippen LogP contribution in [-0.2, 0) is 6.54 Å². The van der Waals surface area contributed by atoms with E-state index in [2.05, 4.69) is 30.8 Å². The highest BCUT2D eigenvalue weighted by molar-refractivity contribution is 5.93. The molecule has 0 aliphatic carbocycles. The Kier molecular flexibility index (Phi) is 5.41. The van der Waals surface area contributed by atoms with Gasteiger partial charge in [-0.05, 0) is 31.2 Å². The molecule has 0 fully saturated rings. The lowest BCUT2D eigenvalue weighted by atomic mass is 10.3. The van der Waals surface area contributed by atoms with Gasteiger partial charge in [0.1, 0.15) is 12.4 Å². The van der Waals surface area contributed by atoms with Gasteiger partial charge in [-0.15, -0.1) is 5.10 Å². The molecule has 1 aliphatic rings. The molecule has 0 saturated heterocycles. The van der Waals surface area contributed by atoms with Crippen molar-refractivity contribution in [3.05, 3.63) is 42.4 Å². The summed E-state index contributed by atoms with van der Waals surface area (Å²) in [6.45, 7) is 4.39. The molecule has 0 amide bonds. The minimum Gasteiger partial charge on any atom is -0.490 e. The highest BCUT2D eigenvalue weighted by atomic mass is 16.5. The number of ether oxygens (including phenoxy) is 2. The second-order valence-electron chi connectivity index (χ2n) is 6.12. The Hall–Kier alpha value is -3.49. The molecule has 0 unspecified atom stereocenters. The zero-order valence-electron chi connectivity index (χ0n) is 15.6. The Balaban J connectivity index is 1.46. The van der Waals surface area contributed by atoms with E-state index in [9.17, 15) is 0 Å². The average Bonchev–Trinajstić information content (AvgIpc) is 3.34. The third-order valence-electron chi connectivity index (χ3n) is 4.01. The van der Waals surface area contributed by atoms with Crippen molar-refractivity contribution in [2.45, 2.75) is 19.9 Å². The lowest BCUT2D eigenvalue weighted by Crippen LogP contribution is -2.30. The van der Waals surface area contributed by atoms with Gasteiger partial charge in [0.2, 0.25) is 5.82 Å². The summed E-state index contributed by atoms with van der Waals surface area (Å²) in [5.74, 6) is 3.89. The molecule has 1 aliphatic heterocycles. The van der Waals surface area contributed by atoms with Crippen molar-refractivity contribution in [2.75, 3.05) is 25.1 Å². The van der Waals surface area contributed by atoms with E-state index in [1.807, 2.05) is 31.2 Å². The van der Waals surface area contributed by atoms with E-state index in [4.69, 9.17) is 13.9 Å². The van der Waals surface area contributed by atoms with E-state index < -0.39 is 0 Å². The number of aromatic amines is 1. The molecule has 0 radical (unpaired) electrons. The number of hydrogen-bond acceptors (Lipinski definition) is 6. The summed E-state index contributed by atoms with van der Waals surface area (Å²) in [6, 6.07) is 9.36. The standard InChI is InChI=1S/C19H22N6O3/c1-2-20-19(21-12-17-23-18(25-24-17)15-5-3-8-27-15)22-13-6-7-14-16(11-13)28-10-4-9-26-14/h3,5-8,11H,2,4,9-10,12H2,1H3,(H2,20,21,22)(H,23,24,25). The van der Waals surface area contributed by atoms with Gasteiger partial charge in [-0.2, -0.15) is 0 Å². The Bertz CT molecular complexity index is 935. The molecule has 3 heterocycles. The van der Waals surface area contributed by atoms with Crippen molar-refractivity contribution in [3.63, 3.8) is 0 Å². The first-order valence-corrected chi connectivity index (χ1v) is 9.22. The number of rotatable bonds is 5. The largest absolute Gasteiger partial charge is 0.490 e. The van der Waals surface area contributed by atoms with Gasteiger partial charge in [0.15, 0.2) is 23.2 Å². The molecule has 9 heteroatoms. The van der Waals surface area contributed by atoms with Gasteiger partial charge in [0.05, 0.1) is 19.5 Å². The van der Waals surface area contributed by atoms with E-state index in [-0.39, 0.29) is 0 Å². The molecule has 28 heavy (non-hydrogen) atoms. The average molecular weight is 382 g/mol. The monoisotopic (exact) mass is 382 g/mol. The second-order valence-corrected chi connectivity index (χ2v) is 6.12. The fraction of sp³-hybridized carbons (Fsp3) is 0.316. The first-order valence-electron chi connectivity index (χ1n) is 9.22. The number of guanidine groups is 1. The fourth-order valence-electron chi connectivity index (χ4n) is 2.72. The number of nitrogens with zero attached hydrogens (tertiary/aromatic N) is 3. The van der Waals surface area contributed by atoms with Crippen molar-refractivity contribution in [1.29, 1.82) is 0 Å². The van der Waals surface area contributed by atoms with E-state index in [1.54, 1.807) is 12.3 Å². The predicted molar refractivity (Wildman–Crippen MR) is 105 cm³/mol. The zero-order chi connectivity index (χ0) is 19.2. The lowest BCUT2D eigenvalue weighted by Gasteiger charge is -2.13. The molecule has 0 saturated carbocycles. The van der Waals surface area contributed by atoms with Gasteiger partial charge in [0, 0.05) is 24.7 Å². The van der Waals surface area contributed by atoms with Gasteiger partial charge in [-0.1, -0.05) is 0 Å². The molecule has 9 nitrogen and oxygen atoms in total. The predicted octanol–water partition coefficient (Wildman–Crippen LogP) is 2.80. The van der Waals surface area contributed by atoms with Crippen molar-refractivity contribution < 1.29 is 13.9 Å². The van der Waals surface area contributed by atoms with E-state index >= 15 is 0 Å². The van der Waals surface area contributed by atoms with Crippen molar-refractivity contribution in [2.24, 2.45) is 4.99 Å². The molecular formula is C19H22N6O3. The number of nitrogens with one attached hydrogen (secondary N) is 3. The number of aliphatic imine (C=N–C) groups is 1. The fourth-order valence-corrected chi connectivity index (χ4v) is 2.72. The molecule has 2 aromatic heterocycles. The first-order chi connectivity index (χ1) is 13.8. The number of hydrogen-bond donors (Lipinski definition) is 3. The van der Waals surface area contributed by atoms with Crippen LogP contribution < -0.4 is 20.1 Å². The van der Waals surface area contributed by atoms with E-state index in [0.29, 0.717) is 43.1 Å². The zero-order valence-corrected chi connectivity index (χ0v) is 15.6. The number of fused-ring (bicyclic) bond motifs is 1. The topological polar surface area (TPSA) is 110 Å². The first kappa shape index (κ1) is 17.9. The minimum absolute atomic E-state index is 0.341. The Morgan fingerprint density at radius 2 is 2.11 bits per heavy atom. The smallest absolute Gasteiger partial charge is 0.216 e. The SMILES string of the molecule is CCNC(=NCc1nc(-c2ccco2)n[nH]1)Nc1ccc2c(c1)OCCCO2. The van der Waals surface area contributed by atoms with Gasteiger partial charge in [-0.3, -0.25) is 5.10 Å².